The molecule has 2 saturated heterocycles. The maximum atomic E-state index is 6.08. The van der Waals surface area contributed by atoms with Crippen LogP contribution in [-0.2, 0) is 14.2 Å². The first-order valence-electron chi connectivity index (χ1n) is 8.87. The molecule has 1 N–H and O–H groups in total. The summed E-state index contributed by atoms with van der Waals surface area (Å²) in [4.78, 5) is 0. The first kappa shape index (κ1) is 15.7. The highest BCUT2D eigenvalue weighted by molar-refractivity contribution is 4.92. The quantitative estimate of drug-likeness (QED) is 0.866. The van der Waals surface area contributed by atoms with E-state index in [2.05, 4.69) is 19.2 Å². The molecule has 4 heteroatoms. The van der Waals surface area contributed by atoms with Crippen molar-refractivity contribution in [1.82, 2.24) is 5.32 Å². The summed E-state index contributed by atoms with van der Waals surface area (Å²) in [6.07, 6.45) is 8.98. The minimum absolute atomic E-state index is 0.115. The van der Waals surface area contributed by atoms with E-state index >= 15 is 0 Å². The fourth-order valence-electron chi connectivity index (χ4n) is 4.26. The van der Waals surface area contributed by atoms with Crippen LogP contribution in [0.25, 0.3) is 0 Å². The van der Waals surface area contributed by atoms with Crippen LogP contribution in [0.5, 0.6) is 0 Å². The van der Waals surface area contributed by atoms with Crippen molar-refractivity contribution in [3.05, 3.63) is 0 Å². The molecule has 2 aliphatic heterocycles. The molecule has 0 aromatic rings. The van der Waals surface area contributed by atoms with Gasteiger partial charge in [0.05, 0.1) is 18.8 Å². The van der Waals surface area contributed by atoms with Crippen molar-refractivity contribution in [3.63, 3.8) is 0 Å². The molecular formula is C17H31NO3. The summed E-state index contributed by atoms with van der Waals surface area (Å²) in [5, 5.41) is 3.90. The maximum absolute atomic E-state index is 6.08. The second-order valence-corrected chi connectivity index (χ2v) is 6.98. The van der Waals surface area contributed by atoms with Gasteiger partial charge in [-0.3, -0.25) is 0 Å². The first-order chi connectivity index (χ1) is 10.2. The molecule has 4 nitrogen and oxygen atoms in total. The number of hydrogen-bond acceptors (Lipinski definition) is 4. The van der Waals surface area contributed by atoms with Gasteiger partial charge in [-0.05, 0) is 38.5 Å². The Kier molecular flexibility index (Phi) is 4.89. The summed E-state index contributed by atoms with van der Waals surface area (Å²) in [5.74, 6) is -0.232. The Bertz CT molecular complexity index is 327. The van der Waals surface area contributed by atoms with E-state index in [0.717, 1.165) is 58.3 Å². The third-order valence-corrected chi connectivity index (χ3v) is 5.81. The van der Waals surface area contributed by atoms with E-state index in [9.17, 15) is 0 Å². The topological polar surface area (TPSA) is 39.7 Å². The molecule has 1 spiro atoms. The van der Waals surface area contributed by atoms with Crippen LogP contribution in [0.3, 0.4) is 0 Å². The second kappa shape index (κ2) is 6.53. The first-order valence-corrected chi connectivity index (χ1v) is 8.87. The molecule has 1 saturated carbocycles. The number of hydrogen-bond donors (Lipinski definition) is 1. The van der Waals surface area contributed by atoms with Crippen molar-refractivity contribution in [3.8, 4) is 0 Å². The monoisotopic (exact) mass is 297 g/mol. The van der Waals surface area contributed by atoms with E-state index in [1.165, 1.54) is 12.8 Å². The normalized spacial score (nSPS) is 32.6. The zero-order valence-corrected chi connectivity index (χ0v) is 13.7. The molecule has 0 amide bonds. The molecule has 0 aromatic carbocycles. The molecule has 0 bridgehead atoms. The van der Waals surface area contributed by atoms with Crippen molar-refractivity contribution in [2.45, 2.75) is 88.7 Å². The highest BCUT2D eigenvalue weighted by atomic mass is 16.7. The third-order valence-electron chi connectivity index (χ3n) is 5.81. The van der Waals surface area contributed by atoms with Crippen molar-refractivity contribution in [2.24, 2.45) is 0 Å². The Labute approximate surface area is 128 Å². The molecule has 3 fully saturated rings. The molecule has 0 radical (unpaired) electrons. The average molecular weight is 297 g/mol. The van der Waals surface area contributed by atoms with Crippen LogP contribution in [0.4, 0.5) is 0 Å². The highest BCUT2D eigenvalue weighted by Gasteiger charge is 2.41. The van der Waals surface area contributed by atoms with E-state index in [1.54, 1.807) is 0 Å². The van der Waals surface area contributed by atoms with Gasteiger partial charge in [0.2, 0.25) is 0 Å². The van der Waals surface area contributed by atoms with Crippen LogP contribution in [0.1, 0.15) is 65.2 Å². The third kappa shape index (κ3) is 3.44. The summed E-state index contributed by atoms with van der Waals surface area (Å²) < 4.78 is 17.7. The molecule has 0 aromatic heterocycles. The van der Waals surface area contributed by atoms with Gasteiger partial charge in [-0.15, -0.1) is 0 Å². The predicted molar refractivity (Wildman–Crippen MR) is 82.3 cm³/mol. The van der Waals surface area contributed by atoms with Crippen LogP contribution < -0.4 is 5.32 Å². The highest BCUT2D eigenvalue weighted by Crippen LogP contribution is 2.37. The van der Waals surface area contributed by atoms with Crippen LogP contribution in [0.2, 0.25) is 0 Å². The van der Waals surface area contributed by atoms with Crippen molar-refractivity contribution in [1.29, 1.82) is 0 Å². The van der Waals surface area contributed by atoms with E-state index in [1.807, 2.05) is 0 Å². The number of rotatable bonds is 4. The number of ether oxygens (including phenoxy) is 3. The van der Waals surface area contributed by atoms with Gasteiger partial charge >= 0.3 is 0 Å². The van der Waals surface area contributed by atoms with Crippen LogP contribution in [-0.4, -0.2) is 43.3 Å². The zero-order chi connectivity index (χ0) is 14.8. The largest absolute Gasteiger partial charge is 0.375 e. The summed E-state index contributed by atoms with van der Waals surface area (Å²) >= 11 is 0. The van der Waals surface area contributed by atoms with E-state index in [-0.39, 0.29) is 11.4 Å². The van der Waals surface area contributed by atoms with Crippen LogP contribution >= 0.6 is 0 Å². The fraction of sp³-hybridized carbons (Fsp3) is 1.00. The lowest BCUT2D eigenvalue weighted by Crippen LogP contribution is -2.51. The van der Waals surface area contributed by atoms with Gasteiger partial charge < -0.3 is 19.5 Å². The van der Waals surface area contributed by atoms with Gasteiger partial charge in [0.1, 0.15) is 0 Å². The van der Waals surface area contributed by atoms with Crippen molar-refractivity contribution in [2.75, 3.05) is 19.8 Å². The van der Waals surface area contributed by atoms with Gasteiger partial charge in [0.15, 0.2) is 5.79 Å². The van der Waals surface area contributed by atoms with Crippen molar-refractivity contribution >= 4 is 0 Å². The van der Waals surface area contributed by atoms with Gasteiger partial charge in [-0.2, -0.15) is 0 Å². The van der Waals surface area contributed by atoms with Crippen LogP contribution in [0, 0.1) is 0 Å². The van der Waals surface area contributed by atoms with Crippen LogP contribution in [0.15, 0.2) is 0 Å². The smallest absolute Gasteiger partial charge is 0.168 e. The van der Waals surface area contributed by atoms with Gasteiger partial charge in [0.25, 0.3) is 0 Å². The molecule has 2 heterocycles. The lowest BCUT2D eigenvalue weighted by atomic mass is 9.84. The lowest BCUT2D eigenvalue weighted by Gasteiger charge is -2.43. The molecule has 122 valence electrons. The average Bonchev–Trinajstić information content (AvgIpc) is 2.98. The van der Waals surface area contributed by atoms with Gasteiger partial charge in [-0.25, -0.2) is 0 Å². The molecule has 21 heavy (non-hydrogen) atoms. The molecule has 1 unspecified atom stereocenters. The fourth-order valence-corrected chi connectivity index (χ4v) is 4.26. The van der Waals surface area contributed by atoms with Gasteiger partial charge in [0, 0.05) is 31.5 Å². The molecule has 1 atom stereocenters. The van der Waals surface area contributed by atoms with E-state index in [4.69, 9.17) is 14.2 Å². The number of nitrogens with one attached hydrogen (secondary N) is 1. The van der Waals surface area contributed by atoms with E-state index < -0.39 is 0 Å². The lowest BCUT2D eigenvalue weighted by molar-refractivity contribution is -0.180. The second-order valence-electron chi connectivity index (χ2n) is 6.98. The molecule has 1 aliphatic carbocycles. The summed E-state index contributed by atoms with van der Waals surface area (Å²) in [6, 6.07) is 1.24. The molecule has 3 rings (SSSR count). The Morgan fingerprint density at radius 1 is 0.857 bits per heavy atom. The Morgan fingerprint density at radius 3 is 2.14 bits per heavy atom. The Morgan fingerprint density at radius 2 is 1.52 bits per heavy atom. The van der Waals surface area contributed by atoms with E-state index in [0.29, 0.717) is 12.1 Å². The Hall–Kier alpha value is -0.160. The minimum atomic E-state index is -0.232. The maximum Gasteiger partial charge on any atom is 0.168 e. The van der Waals surface area contributed by atoms with Crippen molar-refractivity contribution < 1.29 is 14.2 Å². The minimum Gasteiger partial charge on any atom is -0.375 e. The van der Waals surface area contributed by atoms with Gasteiger partial charge in [-0.1, -0.05) is 13.8 Å². The Balaban J connectivity index is 1.48. The SMILES string of the molecule is CCC1(CC)CC(NC2CCC3(CC2)OCCO3)CCO1. The summed E-state index contributed by atoms with van der Waals surface area (Å²) in [5.41, 5.74) is 0.115. The summed E-state index contributed by atoms with van der Waals surface area (Å²) in [7, 11) is 0. The molecular weight excluding hydrogens is 266 g/mol. The zero-order valence-electron chi connectivity index (χ0n) is 13.7. The summed E-state index contributed by atoms with van der Waals surface area (Å²) in [6.45, 7) is 6.96. The molecule has 3 aliphatic rings. The predicted octanol–water partition coefficient (Wildman–Crippen LogP) is 3.00. The standard InChI is InChI=1S/C17H31NO3/c1-3-16(4-2)13-15(7-10-19-16)18-14-5-8-17(9-6-14)20-11-12-21-17/h14-15,18H,3-13H2,1-2H3.